The van der Waals surface area contributed by atoms with E-state index >= 15 is 0 Å². The quantitative estimate of drug-likeness (QED) is 0.468. The second kappa shape index (κ2) is 11.5. The number of carbonyl (C=O) groups is 1. The first-order valence-electron chi connectivity index (χ1n) is 11.0. The van der Waals surface area contributed by atoms with Gasteiger partial charge in [0.2, 0.25) is 0 Å². The van der Waals surface area contributed by atoms with Crippen LogP contribution in [0.2, 0.25) is 0 Å². The normalized spacial score (nSPS) is 20.0. The Balaban J connectivity index is 0.000000269. The molecule has 0 radical (unpaired) electrons. The van der Waals surface area contributed by atoms with Crippen LogP contribution in [0.1, 0.15) is 73.0 Å². The molecule has 30 heavy (non-hydrogen) atoms. The van der Waals surface area contributed by atoms with Crippen molar-refractivity contribution in [2.75, 3.05) is 0 Å². The lowest BCUT2D eigenvalue weighted by Gasteiger charge is -2.09. The molecule has 1 aliphatic rings. The van der Waals surface area contributed by atoms with Gasteiger partial charge in [-0.05, 0) is 63.4 Å². The van der Waals surface area contributed by atoms with E-state index in [0.29, 0.717) is 30.6 Å². The van der Waals surface area contributed by atoms with Crippen LogP contribution in [0, 0.1) is 42.9 Å². The Kier molecular flexibility index (Phi) is 9.06. The minimum atomic E-state index is 0.251. The van der Waals surface area contributed by atoms with Crippen molar-refractivity contribution in [1.82, 2.24) is 0 Å². The lowest BCUT2D eigenvalue weighted by Crippen LogP contribution is -2.03. The van der Waals surface area contributed by atoms with Crippen molar-refractivity contribution in [2.45, 2.75) is 59.8 Å². The maximum absolute atomic E-state index is 12.1. The van der Waals surface area contributed by atoms with Crippen LogP contribution in [-0.2, 0) is 0 Å². The van der Waals surface area contributed by atoms with E-state index in [9.17, 15) is 4.79 Å². The summed E-state index contributed by atoms with van der Waals surface area (Å²) in [5.74, 6) is 2.05. The van der Waals surface area contributed by atoms with Crippen LogP contribution >= 0.6 is 0 Å². The highest BCUT2D eigenvalue weighted by Crippen LogP contribution is 2.40. The molecular weight excluding hydrogens is 366 g/mol. The van der Waals surface area contributed by atoms with Crippen molar-refractivity contribution in [2.24, 2.45) is 17.8 Å². The van der Waals surface area contributed by atoms with Crippen molar-refractivity contribution >= 4 is 11.4 Å². The number of ketones is 1. The predicted molar refractivity (Wildman–Crippen MR) is 126 cm³/mol. The molecular formula is C28H35NO. The van der Waals surface area contributed by atoms with E-state index in [2.05, 4.69) is 50.8 Å². The summed E-state index contributed by atoms with van der Waals surface area (Å²) in [6, 6.07) is 18.5. The fraction of sp³-hybridized carbons (Fsp3) is 0.429. The van der Waals surface area contributed by atoms with Crippen LogP contribution in [0.4, 0.5) is 0 Å². The molecule has 1 fully saturated rings. The third kappa shape index (κ3) is 7.30. The SMILES string of the molecule is C=C(C)c1ccc(C)cc1.Cc1ccc(C(=O)CCC2CC(C)C(CC#N)C2)cc1. The van der Waals surface area contributed by atoms with Crippen molar-refractivity contribution in [3.05, 3.63) is 77.4 Å². The minimum Gasteiger partial charge on any atom is -0.294 e. The van der Waals surface area contributed by atoms with Gasteiger partial charge in [-0.25, -0.2) is 0 Å². The highest BCUT2D eigenvalue weighted by molar-refractivity contribution is 5.96. The van der Waals surface area contributed by atoms with Gasteiger partial charge in [-0.2, -0.15) is 5.26 Å². The molecule has 0 bridgehead atoms. The van der Waals surface area contributed by atoms with E-state index < -0.39 is 0 Å². The number of carbonyl (C=O) groups excluding carboxylic acids is 1. The number of rotatable bonds is 6. The summed E-state index contributed by atoms with van der Waals surface area (Å²) in [5.41, 5.74) is 5.66. The molecule has 3 rings (SSSR count). The van der Waals surface area contributed by atoms with Gasteiger partial charge in [-0.3, -0.25) is 4.79 Å². The van der Waals surface area contributed by atoms with Crippen LogP contribution in [0.3, 0.4) is 0 Å². The van der Waals surface area contributed by atoms with E-state index in [4.69, 9.17) is 5.26 Å². The van der Waals surface area contributed by atoms with E-state index in [1.807, 2.05) is 38.1 Å². The molecule has 2 nitrogen and oxygen atoms in total. The molecule has 0 spiro atoms. The molecule has 2 aromatic carbocycles. The van der Waals surface area contributed by atoms with Gasteiger partial charge in [0.15, 0.2) is 5.78 Å². The number of hydrogen-bond donors (Lipinski definition) is 0. The molecule has 0 amide bonds. The molecule has 0 saturated heterocycles. The van der Waals surface area contributed by atoms with E-state index in [0.717, 1.165) is 24.0 Å². The Hall–Kier alpha value is -2.66. The van der Waals surface area contributed by atoms with Gasteiger partial charge in [0, 0.05) is 18.4 Å². The van der Waals surface area contributed by atoms with Gasteiger partial charge in [-0.15, -0.1) is 0 Å². The molecule has 3 unspecified atom stereocenters. The molecule has 0 aliphatic heterocycles. The zero-order valence-corrected chi connectivity index (χ0v) is 18.9. The molecule has 0 aromatic heterocycles. The summed E-state index contributed by atoms with van der Waals surface area (Å²) in [6.07, 6.45) is 4.58. The van der Waals surface area contributed by atoms with Crippen LogP contribution in [0.25, 0.3) is 5.57 Å². The van der Waals surface area contributed by atoms with Crippen LogP contribution in [0.15, 0.2) is 55.1 Å². The molecule has 1 saturated carbocycles. The predicted octanol–water partition coefficient (Wildman–Crippen LogP) is 7.56. The maximum Gasteiger partial charge on any atom is 0.162 e. The Morgan fingerprint density at radius 3 is 2.03 bits per heavy atom. The summed E-state index contributed by atoms with van der Waals surface area (Å²) in [6.45, 7) is 12.2. The monoisotopic (exact) mass is 401 g/mol. The first-order chi connectivity index (χ1) is 14.3. The number of Topliss-reactive ketones (excluding diaryl/α,β-unsaturated/α-hetero) is 1. The first kappa shape index (κ1) is 23.6. The molecule has 0 heterocycles. The standard InChI is InChI=1S/C18H23NO.C10H12/c1-13-3-6-16(7-4-13)18(20)8-5-15-11-14(2)17(12-15)9-10-19;1-8(2)10-6-4-9(3)5-7-10/h3-4,6-7,14-15,17H,5,8-9,11-12H2,1-2H3;4-7H,1H2,2-3H3. The first-order valence-corrected chi connectivity index (χ1v) is 11.0. The Bertz CT molecular complexity index is 870. The highest BCUT2D eigenvalue weighted by Gasteiger charge is 2.31. The van der Waals surface area contributed by atoms with E-state index in [-0.39, 0.29) is 5.78 Å². The second-order valence-corrected chi connectivity index (χ2v) is 8.91. The summed E-state index contributed by atoms with van der Waals surface area (Å²) in [4.78, 5) is 12.1. The smallest absolute Gasteiger partial charge is 0.162 e. The average molecular weight is 402 g/mol. The second-order valence-electron chi connectivity index (χ2n) is 8.91. The average Bonchev–Trinajstić information content (AvgIpc) is 3.07. The van der Waals surface area contributed by atoms with Gasteiger partial charge >= 0.3 is 0 Å². The highest BCUT2D eigenvalue weighted by atomic mass is 16.1. The minimum absolute atomic E-state index is 0.251. The molecule has 1 aliphatic carbocycles. The zero-order chi connectivity index (χ0) is 22.1. The van der Waals surface area contributed by atoms with Crippen LogP contribution < -0.4 is 0 Å². The fourth-order valence-corrected chi connectivity index (χ4v) is 4.17. The largest absolute Gasteiger partial charge is 0.294 e. The van der Waals surface area contributed by atoms with Gasteiger partial charge in [0.25, 0.3) is 0 Å². The van der Waals surface area contributed by atoms with Gasteiger partial charge in [0.1, 0.15) is 0 Å². The summed E-state index contributed by atoms with van der Waals surface area (Å²) >= 11 is 0. The van der Waals surface area contributed by atoms with Crippen molar-refractivity contribution in [3.63, 3.8) is 0 Å². The van der Waals surface area contributed by atoms with Gasteiger partial charge in [0.05, 0.1) is 6.07 Å². The molecule has 2 aromatic rings. The van der Waals surface area contributed by atoms with Gasteiger partial charge < -0.3 is 0 Å². The van der Waals surface area contributed by atoms with Crippen molar-refractivity contribution in [3.8, 4) is 6.07 Å². The van der Waals surface area contributed by atoms with Crippen molar-refractivity contribution < 1.29 is 4.79 Å². The Morgan fingerprint density at radius 2 is 1.53 bits per heavy atom. The van der Waals surface area contributed by atoms with E-state index in [1.165, 1.54) is 23.1 Å². The van der Waals surface area contributed by atoms with E-state index in [1.54, 1.807) is 0 Å². The molecule has 2 heteroatoms. The van der Waals surface area contributed by atoms with Crippen LogP contribution in [0.5, 0.6) is 0 Å². The number of benzene rings is 2. The van der Waals surface area contributed by atoms with Crippen LogP contribution in [-0.4, -0.2) is 5.78 Å². The summed E-state index contributed by atoms with van der Waals surface area (Å²) < 4.78 is 0. The number of hydrogen-bond acceptors (Lipinski definition) is 2. The van der Waals surface area contributed by atoms with Gasteiger partial charge in [-0.1, -0.05) is 78.7 Å². The summed E-state index contributed by atoms with van der Waals surface area (Å²) in [5, 5.41) is 8.82. The van der Waals surface area contributed by atoms with Crippen molar-refractivity contribution in [1.29, 1.82) is 5.26 Å². The fourth-order valence-electron chi connectivity index (χ4n) is 4.17. The Labute approximate surface area is 182 Å². The third-order valence-electron chi connectivity index (χ3n) is 6.20. The molecule has 158 valence electrons. The zero-order valence-electron chi connectivity index (χ0n) is 18.9. The lowest BCUT2D eigenvalue weighted by molar-refractivity contribution is 0.0973. The summed E-state index contributed by atoms with van der Waals surface area (Å²) in [7, 11) is 0. The lowest BCUT2D eigenvalue weighted by atomic mass is 9.95. The molecule has 3 atom stereocenters. The number of nitrogens with zero attached hydrogens (tertiary/aromatic N) is 1. The number of aryl methyl sites for hydroxylation is 2. The number of nitriles is 1. The Morgan fingerprint density at radius 1 is 1.00 bits per heavy atom. The maximum atomic E-state index is 12.1. The third-order valence-corrected chi connectivity index (χ3v) is 6.20. The molecule has 0 N–H and O–H groups in total. The number of allylic oxidation sites excluding steroid dienone is 1. The topological polar surface area (TPSA) is 40.9 Å².